The van der Waals surface area contributed by atoms with Crippen molar-refractivity contribution in [2.45, 2.75) is 10.3 Å². The molecule has 1 unspecified atom stereocenters. The molecule has 0 saturated carbocycles. The summed E-state index contributed by atoms with van der Waals surface area (Å²) in [5.74, 6) is 0.285. The van der Waals surface area contributed by atoms with Crippen molar-refractivity contribution in [3.05, 3.63) is 29.8 Å². The minimum Gasteiger partial charge on any atom is -0.508 e. The van der Waals surface area contributed by atoms with Gasteiger partial charge in [0.1, 0.15) is 5.75 Å². The van der Waals surface area contributed by atoms with E-state index < -0.39 is 0 Å². The summed E-state index contributed by atoms with van der Waals surface area (Å²) in [6.45, 7) is 0.196. The molecule has 0 amide bonds. The predicted octanol–water partition coefficient (Wildman–Crippen LogP) is 1.73. The Morgan fingerprint density at radius 3 is 2.33 bits per heavy atom. The first-order chi connectivity index (χ1) is 5.72. The highest BCUT2D eigenvalue weighted by Crippen LogP contribution is 2.13. The Bertz CT molecular complexity index is 233. The summed E-state index contributed by atoms with van der Waals surface area (Å²) in [5.41, 5.74) is 1.14. The summed E-state index contributed by atoms with van der Waals surface area (Å²) in [6.07, 6.45) is 0.845. The molecular weight excluding hydrogens is 267 g/mol. The van der Waals surface area contributed by atoms with Gasteiger partial charge in [0.25, 0.3) is 0 Å². The lowest BCUT2D eigenvalue weighted by Gasteiger charge is -2.05. The van der Waals surface area contributed by atoms with E-state index in [1.54, 1.807) is 12.1 Å². The fourth-order valence-corrected chi connectivity index (χ4v) is 1.46. The molecule has 66 valence electrons. The zero-order valence-corrected chi connectivity index (χ0v) is 8.73. The number of rotatable bonds is 3. The van der Waals surface area contributed by atoms with Gasteiger partial charge in [-0.05, 0) is 24.1 Å². The van der Waals surface area contributed by atoms with Crippen molar-refractivity contribution in [2.24, 2.45) is 0 Å². The predicted molar refractivity (Wildman–Crippen MR) is 56.7 cm³/mol. The minimum absolute atomic E-state index is 0.196. The van der Waals surface area contributed by atoms with Crippen molar-refractivity contribution in [2.75, 3.05) is 6.61 Å². The highest BCUT2D eigenvalue weighted by atomic mass is 127. The van der Waals surface area contributed by atoms with Gasteiger partial charge in [-0.1, -0.05) is 34.7 Å². The van der Waals surface area contributed by atoms with Crippen molar-refractivity contribution in [3.8, 4) is 5.75 Å². The molecule has 1 atom stereocenters. The zero-order valence-electron chi connectivity index (χ0n) is 6.57. The lowest BCUT2D eigenvalue weighted by molar-refractivity contribution is 0.299. The second kappa shape index (κ2) is 4.67. The number of halogens is 1. The largest absolute Gasteiger partial charge is 0.508 e. The van der Waals surface area contributed by atoms with Crippen LogP contribution in [0.15, 0.2) is 24.3 Å². The van der Waals surface area contributed by atoms with Crippen molar-refractivity contribution in [1.82, 2.24) is 0 Å². The maximum absolute atomic E-state index is 9.00. The first-order valence-corrected chi connectivity index (χ1v) is 5.00. The number of hydrogen-bond acceptors (Lipinski definition) is 2. The molecule has 0 aliphatic rings. The third kappa shape index (κ3) is 2.98. The van der Waals surface area contributed by atoms with Gasteiger partial charge in [-0.15, -0.1) is 0 Å². The van der Waals surface area contributed by atoms with Gasteiger partial charge in [0.2, 0.25) is 0 Å². The first-order valence-electron chi connectivity index (χ1n) is 3.75. The lowest BCUT2D eigenvalue weighted by atomic mass is 10.1. The maximum atomic E-state index is 9.00. The summed E-state index contributed by atoms with van der Waals surface area (Å²) < 4.78 is 0.257. The summed E-state index contributed by atoms with van der Waals surface area (Å²) in [5, 5.41) is 17.8. The first kappa shape index (κ1) is 9.80. The number of phenols is 1. The number of benzene rings is 1. The number of hydrogen-bond donors (Lipinski definition) is 2. The number of aromatic hydroxyl groups is 1. The molecule has 0 aliphatic carbocycles. The molecule has 0 heterocycles. The van der Waals surface area contributed by atoms with Crippen LogP contribution in [-0.4, -0.2) is 20.7 Å². The monoisotopic (exact) mass is 278 g/mol. The van der Waals surface area contributed by atoms with Crippen LogP contribution in [0.2, 0.25) is 0 Å². The van der Waals surface area contributed by atoms with E-state index in [1.807, 2.05) is 12.1 Å². The summed E-state index contributed by atoms with van der Waals surface area (Å²) >= 11 is 2.21. The van der Waals surface area contributed by atoms with Crippen molar-refractivity contribution >= 4 is 22.6 Å². The Morgan fingerprint density at radius 2 is 1.83 bits per heavy atom. The van der Waals surface area contributed by atoms with Crippen LogP contribution in [0.1, 0.15) is 5.56 Å². The van der Waals surface area contributed by atoms with Crippen LogP contribution in [0.4, 0.5) is 0 Å². The average molecular weight is 278 g/mol. The smallest absolute Gasteiger partial charge is 0.115 e. The number of aliphatic hydroxyl groups excluding tert-OH is 1. The Hall–Kier alpha value is -0.290. The third-order valence-corrected chi connectivity index (χ3v) is 2.43. The second-order valence-electron chi connectivity index (χ2n) is 2.65. The average Bonchev–Trinajstić information content (AvgIpc) is 2.09. The molecule has 0 fully saturated rings. The molecule has 0 saturated heterocycles. The second-order valence-corrected chi connectivity index (χ2v) is 4.41. The Kier molecular flexibility index (Phi) is 3.81. The Balaban J connectivity index is 2.58. The Morgan fingerprint density at radius 1 is 1.25 bits per heavy atom. The molecule has 0 bridgehead atoms. The van der Waals surface area contributed by atoms with Crippen molar-refractivity contribution < 1.29 is 10.2 Å². The quantitative estimate of drug-likeness (QED) is 0.653. The van der Waals surface area contributed by atoms with E-state index in [1.165, 1.54) is 0 Å². The Labute approximate surface area is 85.4 Å². The molecule has 0 aromatic heterocycles. The van der Waals surface area contributed by atoms with E-state index in [9.17, 15) is 0 Å². The van der Waals surface area contributed by atoms with Gasteiger partial charge in [-0.25, -0.2) is 0 Å². The number of aliphatic hydroxyl groups is 1. The molecule has 0 radical (unpaired) electrons. The minimum atomic E-state index is 0.196. The van der Waals surface area contributed by atoms with Crippen LogP contribution in [0.3, 0.4) is 0 Å². The fraction of sp³-hybridized carbons (Fsp3) is 0.333. The highest BCUT2D eigenvalue weighted by molar-refractivity contribution is 14.1. The maximum Gasteiger partial charge on any atom is 0.115 e. The van der Waals surface area contributed by atoms with Crippen LogP contribution < -0.4 is 0 Å². The van der Waals surface area contributed by atoms with E-state index in [2.05, 4.69) is 22.6 Å². The van der Waals surface area contributed by atoms with Crippen LogP contribution in [-0.2, 0) is 6.42 Å². The van der Waals surface area contributed by atoms with Gasteiger partial charge in [-0.2, -0.15) is 0 Å². The summed E-state index contributed by atoms with van der Waals surface area (Å²) in [7, 11) is 0. The van der Waals surface area contributed by atoms with Crippen LogP contribution in [0.5, 0.6) is 5.75 Å². The zero-order chi connectivity index (χ0) is 8.97. The number of alkyl halides is 1. The molecule has 0 aliphatic heterocycles. The van der Waals surface area contributed by atoms with Crippen LogP contribution in [0.25, 0.3) is 0 Å². The van der Waals surface area contributed by atoms with E-state index in [4.69, 9.17) is 10.2 Å². The molecule has 3 heteroatoms. The van der Waals surface area contributed by atoms with Gasteiger partial charge < -0.3 is 10.2 Å². The van der Waals surface area contributed by atoms with Crippen molar-refractivity contribution in [3.63, 3.8) is 0 Å². The van der Waals surface area contributed by atoms with E-state index in [0.29, 0.717) is 0 Å². The SMILES string of the molecule is OCC(I)Cc1ccc(O)cc1. The van der Waals surface area contributed by atoms with Gasteiger partial charge in [0.15, 0.2) is 0 Å². The molecule has 0 spiro atoms. The lowest BCUT2D eigenvalue weighted by Crippen LogP contribution is -2.06. The van der Waals surface area contributed by atoms with Gasteiger partial charge in [0, 0.05) is 3.92 Å². The normalized spacial score (nSPS) is 12.8. The molecule has 1 rings (SSSR count). The standard InChI is InChI=1S/C9H11IO2/c10-8(6-11)5-7-1-3-9(12)4-2-7/h1-4,8,11-12H,5-6H2. The van der Waals surface area contributed by atoms with E-state index in [0.717, 1.165) is 12.0 Å². The third-order valence-electron chi connectivity index (χ3n) is 1.59. The highest BCUT2D eigenvalue weighted by Gasteiger charge is 2.02. The van der Waals surface area contributed by atoms with E-state index in [-0.39, 0.29) is 16.3 Å². The topological polar surface area (TPSA) is 40.5 Å². The summed E-state index contributed by atoms with van der Waals surface area (Å²) in [6, 6.07) is 7.07. The van der Waals surface area contributed by atoms with Crippen molar-refractivity contribution in [1.29, 1.82) is 0 Å². The summed E-state index contributed by atoms with van der Waals surface area (Å²) in [4.78, 5) is 0. The molecule has 1 aromatic carbocycles. The number of phenolic OH excluding ortho intramolecular Hbond substituents is 1. The van der Waals surface area contributed by atoms with Crippen LogP contribution >= 0.6 is 22.6 Å². The van der Waals surface area contributed by atoms with E-state index >= 15 is 0 Å². The molecular formula is C9H11IO2. The van der Waals surface area contributed by atoms with Gasteiger partial charge in [0.05, 0.1) is 6.61 Å². The van der Waals surface area contributed by atoms with Gasteiger partial charge >= 0.3 is 0 Å². The molecule has 2 N–H and O–H groups in total. The van der Waals surface area contributed by atoms with Gasteiger partial charge in [-0.3, -0.25) is 0 Å². The fourth-order valence-electron chi connectivity index (χ4n) is 0.952. The molecule has 1 aromatic rings. The molecule has 12 heavy (non-hydrogen) atoms. The molecule has 2 nitrogen and oxygen atoms in total. The van der Waals surface area contributed by atoms with Crippen LogP contribution in [0, 0.1) is 0 Å².